The first kappa shape index (κ1) is 13.1. The molecule has 5 fully saturated rings. The minimum Gasteiger partial charge on any atom is -0.381 e. The van der Waals surface area contributed by atoms with Crippen LogP contribution in [-0.2, 0) is 4.74 Å². The van der Waals surface area contributed by atoms with Crippen molar-refractivity contribution in [2.75, 3.05) is 13.2 Å². The Morgan fingerprint density at radius 3 is 2.10 bits per heavy atom. The molecule has 3 heteroatoms. The lowest BCUT2D eigenvalue weighted by molar-refractivity contribution is -0.0213. The van der Waals surface area contributed by atoms with Crippen LogP contribution in [0.2, 0.25) is 0 Å². The first-order chi connectivity index (χ1) is 9.83. The Kier molecular flexibility index (Phi) is 3.48. The van der Waals surface area contributed by atoms with Crippen LogP contribution >= 0.6 is 0 Å². The Labute approximate surface area is 122 Å². The second-order valence-electron chi connectivity index (χ2n) is 7.68. The molecule has 1 aliphatic heterocycles. The Bertz CT molecular complexity index is 368. The zero-order valence-corrected chi connectivity index (χ0v) is 12.3. The molecular weight excluding hydrogens is 248 g/mol. The van der Waals surface area contributed by atoms with E-state index in [0.29, 0.717) is 12.0 Å². The van der Waals surface area contributed by atoms with E-state index in [1.165, 1.54) is 32.1 Å². The molecule has 0 aromatic carbocycles. The minimum absolute atomic E-state index is 0.0569. The summed E-state index contributed by atoms with van der Waals surface area (Å²) in [6, 6.07) is 3.26. The maximum absolute atomic E-state index is 9.58. The van der Waals surface area contributed by atoms with Gasteiger partial charge in [0.15, 0.2) is 0 Å². The van der Waals surface area contributed by atoms with Crippen LogP contribution < -0.4 is 5.32 Å². The average Bonchev–Trinajstić information content (AvgIpc) is 2.47. The van der Waals surface area contributed by atoms with Gasteiger partial charge in [-0.2, -0.15) is 5.26 Å². The lowest BCUT2D eigenvalue weighted by atomic mass is 9.54. The minimum atomic E-state index is 0.0569. The predicted molar refractivity (Wildman–Crippen MR) is 76.9 cm³/mol. The van der Waals surface area contributed by atoms with Gasteiger partial charge < -0.3 is 4.74 Å². The monoisotopic (exact) mass is 274 g/mol. The summed E-state index contributed by atoms with van der Waals surface area (Å²) in [5.41, 5.74) is 0. The van der Waals surface area contributed by atoms with Crippen LogP contribution in [0.15, 0.2) is 0 Å². The summed E-state index contributed by atoms with van der Waals surface area (Å²) in [5.74, 6) is 4.26. The quantitative estimate of drug-likeness (QED) is 0.860. The third kappa shape index (κ3) is 2.27. The summed E-state index contributed by atoms with van der Waals surface area (Å²) in [6.45, 7) is 1.68. The average molecular weight is 274 g/mol. The van der Waals surface area contributed by atoms with Crippen LogP contribution in [0.5, 0.6) is 0 Å². The van der Waals surface area contributed by atoms with Gasteiger partial charge in [0.05, 0.1) is 12.1 Å². The van der Waals surface area contributed by atoms with Crippen LogP contribution in [0.25, 0.3) is 0 Å². The molecule has 1 heterocycles. The second-order valence-corrected chi connectivity index (χ2v) is 7.68. The van der Waals surface area contributed by atoms with Crippen LogP contribution in [0.3, 0.4) is 0 Å². The van der Waals surface area contributed by atoms with Crippen LogP contribution in [0.1, 0.15) is 44.9 Å². The smallest absolute Gasteiger partial charge is 0.0985 e. The summed E-state index contributed by atoms with van der Waals surface area (Å²) < 4.78 is 5.44. The van der Waals surface area contributed by atoms with Gasteiger partial charge in [-0.05, 0) is 74.5 Å². The number of hydrogen-bond donors (Lipinski definition) is 1. The summed E-state index contributed by atoms with van der Waals surface area (Å²) >= 11 is 0. The highest BCUT2D eigenvalue weighted by Gasteiger charge is 2.48. The Morgan fingerprint density at radius 1 is 0.950 bits per heavy atom. The fraction of sp³-hybridized carbons (Fsp3) is 0.941. The van der Waals surface area contributed by atoms with Gasteiger partial charge in [-0.15, -0.1) is 0 Å². The van der Waals surface area contributed by atoms with Gasteiger partial charge in [0.2, 0.25) is 0 Å². The first-order valence-electron chi connectivity index (χ1n) is 8.57. The van der Waals surface area contributed by atoms with Crippen molar-refractivity contribution in [1.29, 1.82) is 5.26 Å². The van der Waals surface area contributed by atoms with E-state index >= 15 is 0 Å². The van der Waals surface area contributed by atoms with E-state index in [2.05, 4.69) is 11.4 Å². The molecule has 1 N–H and O–H groups in total. The molecule has 5 rings (SSSR count). The van der Waals surface area contributed by atoms with E-state index in [1.54, 1.807) is 0 Å². The molecule has 0 radical (unpaired) electrons. The van der Waals surface area contributed by atoms with Gasteiger partial charge in [0, 0.05) is 19.3 Å². The lowest BCUT2D eigenvalue weighted by Gasteiger charge is -2.55. The molecule has 1 atom stereocenters. The van der Waals surface area contributed by atoms with Gasteiger partial charge in [-0.25, -0.2) is 0 Å². The van der Waals surface area contributed by atoms with Crippen molar-refractivity contribution in [2.24, 2.45) is 29.6 Å². The van der Waals surface area contributed by atoms with Crippen molar-refractivity contribution < 1.29 is 4.74 Å². The zero-order valence-electron chi connectivity index (χ0n) is 12.3. The number of nitrogens with one attached hydrogen (secondary N) is 1. The van der Waals surface area contributed by atoms with Crippen molar-refractivity contribution in [1.82, 2.24) is 5.32 Å². The van der Waals surface area contributed by atoms with Crippen molar-refractivity contribution in [2.45, 2.75) is 57.0 Å². The van der Waals surface area contributed by atoms with Crippen molar-refractivity contribution >= 4 is 0 Å². The Morgan fingerprint density at radius 2 is 1.55 bits per heavy atom. The fourth-order valence-electron chi connectivity index (χ4n) is 5.73. The number of ether oxygens (including phenoxy) is 1. The highest BCUT2D eigenvalue weighted by molar-refractivity contribution is 5.05. The van der Waals surface area contributed by atoms with E-state index < -0.39 is 0 Å². The van der Waals surface area contributed by atoms with E-state index in [-0.39, 0.29) is 6.04 Å². The molecule has 4 aliphatic carbocycles. The normalized spacial score (nSPS) is 45.2. The molecule has 5 aliphatic rings. The highest BCUT2D eigenvalue weighted by Crippen LogP contribution is 2.53. The largest absolute Gasteiger partial charge is 0.381 e. The second kappa shape index (κ2) is 5.31. The molecule has 0 spiro atoms. The SMILES string of the molecule is N#CC(NC1C2CC3CC(C2)CC1C3)C1CCOCC1. The molecule has 4 bridgehead atoms. The maximum atomic E-state index is 9.58. The van der Waals surface area contributed by atoms with E-state index in [4.69, 9.17) is 4.74 Å². The van der Waals surface area contributed by atoms with Crippen LogP contribution in [-0.4, -0.2) is 25.3 Å². The van der Waals surface area contributed by atoms with E-state index in [9.17, 15) is 5.26 Å². The molecule has 0 aromatic heterocycles. The molecular formula is C17H26N2O. The summed E-state index contributed by atoms with van der Waals surface area (Å²) in [4.78, 5) is 0. The first-order valence-corrected chi connectivity index (χ1v) is 8.57. The third-order valence-corrected chi connectivity index (χ3v) is 6.48. The Balaban J connectivity index is 1.43. The molecule has 3 nitrogen and oxygen atoms in total. The molecule has 4 saturated carbocycles. The predicted octanol–water partition coefficient (Wildman–Crippen LogP) is 2.72. The highest BCUT2D eigenvalue weighted by atomic mass is 16.5. The lowest BCUT2D eigenvalue weighted by Crippen LogP contribution is -2.57. The Hall–Kier alpha value is -0.590. The zero-order chi connectivity index (χ0) is 13.5. The molecule has 1 saturated heterocycles. The third-order valence-electron chi connectivity index (χ3n) is 6.48. The summed E-state index contributed by atoms with van der Waals surface area (Å²) in [6.07, 6.45) is 9.32. The molecule has 20 heavy (non-hydrogen) atoms. The maximum Gasteiger partial charge on any atom is 0.0985 e. The molecule has 1 unspecified atom stereocenters. The summed E-state index contributed by atoms with van der Waals surface area (Å²) in [7, 11) is 0. The van der Waals surface area contributed by atoms with Crippen LogP contribution in [0.4, 0.5) is 0 Å². The van der Waals surface area contributed by atoms with Gasteiger partial charge in [0.25, 0.3) is 0 Å². The fourth-order valence-corrected chi connectivity index (χ4v) is 5.73. The van der Waals surface area contributed by atoms with Crippen molar-refractivity contribution in [3.8, 4) is 6.07 Å². The van der Waals surface area contributed by atoms with Crippen molar-refractivity contribution in [3.05, 3.63) is 0 Å². The number of rotatable bonds is 3. The van der Waals surface area contributed by atoms with Gasteiger partial charge >= 0.3 is 0 Å². The van der Waals surface area contributed by atoms with Gasteiger partial charge in [-0.1, -0.05) is 0 Å². The standard InChI is InChI=1S/C17H26N2O/c18-10-16(13-1-3-20-4-2-13)19-17-14-6-11-5-12(8-14)9-15(17)7-11/h11-17,19H,1-9H2. The number of nitrogens with zero attached hydrogens (tertiary/aromatic N) is 1. The van der Waals surface area contributed by atoms with Gasteiger partial charge in [-0.3, -0.25) is 5.32 Å². The molecule has 110 valence electrons. The van der Waals surface area contributed by atoms with Gasteiger partial charge in [0.1, 0.15) is 0 Å². The van der Waals surface area contributed by atoms with Crippen LogP contribution in [0, 0.1) is 40.9 Å². The topological polar surface area (TPSA) is 45.0 Å². The summed E-state index contributed by atoms with van der Waals surface area (Å²) in [5, 5.41) is 13.4. The van der Waals surface area contributed by atoms with E-state index in [0.717, 1.165) is 49.7 Å². The number of nitriles is 1. The van der Waals surface area contributed by atoms with Crippen molar-refractivity contribution in [3.63, 3.8) is 0 Å². The van der Waals surface area contributed by atoms with E-state index in [1.807, 2.05) is 0 Å². The number of hydrogen-bond acceptors (Lipinski definition) is 3. The molecule has 0 amide bonds. The molecule has 0 aromatic rings.